The molecule has 4 rings (SSSR count). The zero-order valence-corrected chi connectivity index (χ0v) is 21.9. The molecule has 4 unspecified atom stereocenters. The summed E-state index contributed by atoms with van der Waals surface area (Å²) in [5.74, 6) is 0. The van der Waals surface area contributed by atoms with E-state index in [9.17, 15) is 0 Å². The van der Waals surface area contributed by atoms with Crippen LogP contribution in [0, 0.1) is 5.41 Å². The van der Waals surface area contributed by atoms with Gasteiger partial charge in [0.25, 0.3) is 0 Å². The van der Waals surface area contributed by atoms with Gasteiger partial charge >= 0.3 is 0 Å². The fourth-order valence-electron chi connectivity index (χ4n) is 6.63. The highest BCUT2D eigenvalue weighted by Gasteiger charge is 2.44. The predicted octanol–water partition coefficient (Wildman–Crippen LogP) is 6.28. The van der Waals surface area contributed by atoms with Crippen molar-refractivity contribution in [3.63, 3.8) is 0 Å². The van der Waals surface area contributed by atoms with Gasteiger partial charge in [0.05, 0.1) is 11.8 Å². The molecule has 4 atom stereocenters. The topological polar surface area (TPSA) is 7.68 Å². The Morgan fingerprint density at radius 2 is 1.81 bits per heavy atom. The van der Waals surface area contributed by atoms with E-state index in [1.54, 1.807) is 0 Å². The van der Waals surface area contributed by atoms with Gasteiger partial charge in [0.2, 0.25) is 0 Å². The van der Waals surface area contributed by atoms with Gasteiger partial charge in [0.15, 0.2) is 5.37 Å². The zero-order chi connectivity index (χ0) is 22.6. The van der Waals surface area contributed by atoms with Crippen LogP contribution in [-0.2, 0) is 0 Å². The molecule has 0 aromatic heterocycles. The van der Waals surface area contributed by atoms with Crippen LogP contribution in [0.1, 0.15) is 91.4 Å². The van der Waals surface area contributed by atoms with Crippen molar-refractivity contribution in [1.82, 2.24) is 4.90 Å². The molecule has 3 heteroatoms. The Balaban J connectivity index is 1.41. The number of rotatable bonds is 6. The molecule has 1 saturated heterocycles. The minimum atomic E-state index is 0.343. The van der Waals surface area contributed by atoms with Gasteiger partial charge in [-0.1, -0.05) is 69.5 Å². The summed E-state index contributed by atoms with van der Waals surface area (Å²) in [7, 11) is 2.28. The summed E-state index contributed by atoms with van der Waals surface area (Å²) in [6.07, 6.45) is 29.6. The van der Waals surface area contributed by atoms with E-state index in [1.165, 1.54) is 88.3 Å². The van der Waals surface area contributed by atoms with Gasteiger partial charge in [-0.25, -0.2) is 0 Å². The molecule has 1 aliphatic heterocycles. The van der Waals surface area contributed by atoms with Crippen LogP contribution in [0.15, 0.2) is 47.7 Å². The Morgan fingerprint density at radius 1 is 1.06 bits per heavy atom. The molecule has 0 aromatic rings. The molecule has 0 radical (unpaired) electrons. The van der Waals surface area contributed by atoms with Crippen LogP contribution in [0.5, 0.6) is 0 Å². The van der Waals surface area contributed by atoms with E-state index in [-0.39, 0.29) is 0 Å². The van der Waals surface area contributed by atoms with E-state index in [4.69, 9.17) is 0 Å². The van der Waals surface area contributed by atoms with Gasteiger partial charge in [0.1, 0.15) is 6.04 Å². The van der Waals surface area contributed by atoms with E-state index in [2.05, 4.69) is 81.1 Å². The summed E-state index contributed by atoms with van der Waals surface area (Å²) in [5, 5.41) is 1.54. The minimum Gasteiger partial charge on any atom is -0.377 e. The lowest BCUT2D eigenvalue weighted by Gasteiger charge is -2.32. The molecule has 3 fully saturated rings. The summed E-state index contributed by atoms with van der Waals surface area (Å²) in [6, 6.07) is 1.64. The molecule has 32 heavy (non-hydrogen) atoms. The summed E-state index contributed by atoms with van der Waals surface area (Å²) in [6.45, 7) is 8.49. The van der Waals surface area contributed by atoms with Gasteiger partial charge in [-0.05, 0) is 80.4 Å². The molecule has 0 amide bonds. The first kappa shape index (κ1) is 24.2. The molecule has 0 spiro atoms. The number of quaternary nitrogens is 1. The second-order valence-electron chi connectivity index (χ2n) is 11.6. The van der Waals surface area contributed by atoms with Gasteiger partial charge in [0, 0.05) is 19.5 Å². The maximum Gasteiger partial charge on any atom is 0.154 e. The number of likely N-dealkylation sites (N-methyl/N-ethyl adjacent to an activating group) is 1. The van der Waals surface area contributed by atoms with Crippen molar-refractivity contribution in [1.29, 1.82) is 0 Å². The normalized spacial score (nSPS) is 34.9. The number of nitrogens with zero attached hydrogens (tertiary/aromatic N) is 1. The highest BCUT2D eigenvalue weighted by atomic mass is 32.2. The number of thioether (sulfide) groups is 1. The summed E-state index contributed by atoms with van der Waals surface area (Å²) in [5.41, 5.74) is 3.33. The van der Waals surface area contributed by atoms with Crippen LogP contribution in [0.2, 0.25) is 0 Å². The van der Waals surface area contributed by atoms with E-state index < -0.39 is 0 Å². The van der Waals surface area contributed by atoms with E-state index in [0.717, 1.165) is 17.3 Å². The van der Waals surface area contributed by atoms with Crippen molar-refractivity contribution < 1.29 is 4.90 Å². The molecule has 1 N–H and O–H groups in total. The first-order valence-corrected chi connectivity index (χ1v) is 14.4. The van der Waals surface area contributed by atoms with Crippen LogP contribution in [-0.4, -0.2) is 41.2 Å². The molecular formula is C29H47N2S+. The van der Waals surface area contributed by atoms with Crippen molar-refractivity contribution >= 4 is 11.8 Å². The number of hydrogen-bond donors (Lipinski definition) is 1. The van der Waals surface area contributed by atoms with Gasteiger partial charge in [-0.15, -0.1) is 0 Å². The molecule has 0 aromatic carbocycles. The number of nitrogens with one attached hydrogen (secondary N) is 1. The quantitative estimate of drug-likeness (QED) is 0.504. The lowest BCUT2D eigenvalue weighted by molar-refractivity contribution is -0.922. The summed E-state index contributed by atoms with van der Waals surface area (Å²) in [4.78, 5) is 4.30. The highest BCUT2D eigenvalue weighted by molar-refractivity contribution is 8.00. The van der Waals surface area contributed by atoms with Crippen LogP contribution in [0.3, 0.4) is 0 Å². The lowest BCUT2D eigenvalue weighted by Crippen LogP contribution is -3.16. The number of allylic oxidation sites excluding steroid dienone is 6. The molecular weight excluding hydrogens is 408 g/mol. The first-order chi connectivity index (χ1) is 15.4. The van der Waals surface area contributed by atoms with E-state index in [0.29, 0.717) is 10.8 Å². The third-order valence-corrected chi connectivity index (χ3v) is 9.95. The smallest absolute Gasteiger partial charge is 0.154 e. The molecule has 1 heterocycles. The average molecular weight is 456 g/mol. The van der Waals surface area contributed by atoms with Crippen LogP contribution in [0.25, 0.3) is 0 Å². The second-order valence-corrected chi connectivity index (χ2v) is 12.9. The predicted molar refractivity (Wildman–Crippen MR) is 141 cm³/mol. The molecule has 3 aliphatic carbocycles. The van der Waals surface area contributed by atoms with Crippen molar-refractivity contribution in [3.8, 4) is 0 Å². The summed E-state index contributed by atoms with van der Waals surface area (Å²) >= 11 is 2.25. The maximum atomic E-state index is 2.51. The minimum absolute atomic E-state index is 0.343. The number of hydrogen-bond acceptors (Lipinski definition) is 2. The Morgan fingerprint density at radius 3 is 2.59 bits per heavy atom. The van der Waals surface area contributed by atoms with Crippen molar-refractivity contribution in [2.24, 2.45) is 5.41 Å². The van der Waals surface area contributed by atoms with Crippen LogP contribution in [0.4, 0.5) is 0 Å². The molecule has 2 nitrogen and oxygen atoms in total. The second kappa shape index (κ2) is 11.0. The standard InChI is InChI=1S/C29H46N2S/c1-5-31-26-15-9-10-16-27(26)32-28(31)17-11-12-23-20-24(22-29(2,3)21-23)18-19-30(4)25-13-7-6-8-14-25/h11-12,17-20,25-28H,5-10,13-16,21-22H2,1-4H3/p+1/b17-11+,19-18+,23-12-. The Labute approximate surface area is 202 Å². The van der Waals surface area contributed by atoms with Crippen molar-refractivity contribution in [3.05, 3.63) is 47.7 Å². The molecule has 178 valence electrons. The average Bonchev–Trinajstić information content (AvgIpc) is 3.14. The van der Waals surface area contributed by atoms with Crippen LogP contribution < -0.4 is 4.90 Å². The Hall–Kier alpha value is -0.930. The third-order valence-electron chi connectivity index (χ3n) is 8.28. The molecule has 4 aliphatic rings. The van der Waals surface area contributed by atoms with Gasteiger partial charge in [-0.3, -0.25) is 0 Å². The van der Waals surface area contributed by atoms with Crippen LogP contribution >= 0.6 is 11.8 Å². The maximum absolute atomic E-state index is 2.51. The zero-order valence-electron chi connectivity index (χ0n) is 21.1. The lowest BCUT2D eigenvalue weighted by atomic mass is 9.75. The highest BCUT2D eigenvalue weighted by Crippen LogP contribution is 2.39. The molecule has 2 saturated carbocycles. The fourth-order valence-corrected chi connectivity index (χ4v) is 8.51. The summed E-state index contributed by atoms with van der Waals surface area (Å²) < 4.78 is 0. The Kier molecular flexibility index (Phi) is 8.32. The van der Waals surface area contributed by atoms with Gasteiger partial charge < -0.3 is 9.80 Å². The van der Waals surface area contributed by atoms with Crippen molar-refractivity contribution in [2.75, 3.05) is 13.6 Å². The largest absolute Gasteiger partial charge is 0.377 e. The first-order valence-electron chi connectivity index (χ1n) is 13.4. The fraction of sp³-hybridized carbons (Fsp3) is 0.724. The van der Waals surface area contributed by atoms with E-state index in [1.807, 2.05) is 4.90 Å². The monoisotopic (exact) mass is 455 g/mol. The van der Waals surface area contributed by atoms with E-state index >= 15 is 0 Å². The molecule has 0 bridgehead atoms. The Bertz CT molecular complexity index is 740. The number of fused-ring (bicyclic) bond motifs is 1. The SMILES string of the molecule is CC[NH+]1C(/C=C/C=C2C=C(/C=C/N(C)C3CCCCC3)CC(C)(C)C/2)SC2CCCCC21. The third kappa shape index (κ3) is 6.14. The van der Waals surface area contributed by atoms with Crippen molar-refractivity contribution in [2.45, 2.75) is 114 Å². The van der Waals surface area contributed by atoms with Gasteiger partial charge in [-0.2, -0.15) is 0 Å².